The Hall–Kier alpha value is -2.34. The lowest BCUT2D eigenvalue weighted by atomic mass is 9.93. The van der Waals surface area contributed by atoms with Gasteiger partial charge in [0.1, 0.15) is 5.01 Å². The molecule has 0 radical (unpaired) electrons. The van der Waals surface area contributed by atoms with Crippen molar-refractivity contribution in [3.8, 4) is 11.5 Å². The molecular weight excluding hydrogens is 336 g/mol. The number of carbonyl (C=O) groups is 1. The predicted molar refractivity (Wildman–Crippen MR) is 101 cm³/mol. The molecule has 1 amide bonds. The fraction of sp³-hybridized carbons (Fsp3) is 0.368. The zero-order valence-corrected chi connectivity index (χ0v) is 16.1. The van der Waals surface area contributed by atoms with Crippen molar-refractivity contribution in [2.24, 2.45) is 0 Å². The van der Waals surface area contributed by atoms with Gasteiger partial charge < -0.3 is 14.8 Å². The molecule has 1 aromatic carbocycles. The normalized spacial score (nSPS) is 11.6. The molecule has 1 aromatic heterocycles. The molecule has 134 valence electrons. The topological polar surface area (TPSA) is 60.5 Å². The number of hydrogen-bond donors (Lipinski definition) is 1. The van der Waals surface area contributed by atoms with Gasteiger partial charge in [0.2, 0.25) is 5.91 Å². The Labute approximate surface area is 152 Å². The van der Waals surface area contributed by atoms with Crippen LogP contribution in [0.5, 0.6) is 11.5 Å². The molecule has 0 unspecified atom stereocenters. The van der Waals surface area contributed by atoms with E-state index in [2.05, 4.69) is 31.1 Å². The predicted octanol–water partition coefficient (Wildman–Crippen LogP) is 3.79. The number of benzene rings is 1. The molecule has 25 heavy (non-hydrogen) atoms. The Morgan fingerprint density at radius 1 is 1.24 bits per heavy atom. The molecular formula is C19H24N2O3S. The molecule has 2 rings (SSSR count). The van der Waals surface area contributed by atoms with Crippen molar-refractivity contribution >= 4 is 23.3 Å². The number of nitrogens with zero attached hydrogens (tertiary/aromatic N) is 1. The second-order valence-electron chi connectivity index (χ2n) is 6.54. The van der Waals surface area contributed by atoms with Gasteiger partial charge in [0.15, 0.2) is 11.5 Å². The van der Waals surface area contributed by atoms with Gasteiger partial charge in [0, 0.05) is 16.9 Å². The lowest BCUT2D eigenvalue weighted by Gasteiger charge is -2.14. The Balaban J connectivity index is 1.94. The average Bonchev–Trinajstić information content (AvgIpc) is 3.07. The van der Waals surface area contributed by atoms with Gasteiger partial charge in [-0.3, -0.25) is 4.79 Å². The zero-order valence-electron chi connectivity index (χ0n) is 15.3. The minimum Gasteiger partial charge on any atom is -0.493 e. The molecule has 5 nitrogen and oxygen atoms in total. The summed E-state index contributed by atoms with van der Waals surface area (Å²) in [4.78, 5) is 16.6. The summed E-state index contributed by atoms with van der Waals surface area (Å²) >= 11 is 1.56. The molecule has 0 aliphatic rings. The van der Waals surface area contributed by atoms with Crippen molar-refractivity contribution in [2.75, 3.05) is 14.2 Å². The van der Waals surface area contributed by atoms with E-state index in [0.717, 1.165) is 16.3 Å². The second kappa shape index (κ2) is 8.16. The Morgan fingerprint density at radius 2 is 1.96 bits per heavy atom. The first-order valence-electron chi connectivity index (χ1n) is 7.96. The van der Waals surface area contributed by atoms with E-state index < -0.39 is 0 Å². The SMILES string of the molecule is COc1ccc(/C=C/C(=O)NCc2nc(C(C)(C)C)cs2)cc1OC. The van der Waals surface area contributed by atoms with Crippen molar-refractivity contribution < 1.29 is 14.3 Å². The Bertz CT molecular complexity index is 760. The van der Waals surface area contributed by atoms with Gasteiger partial charge in [-0.2, -0.15) is 0 Å². The van der Waals surface area contributed by atoms with Gasteiger partial charge in [0.05, 0.1) is 26.5 Å². The van der Waals surface area contributed by atoms with E-state index in [9.17, 15) is 4.79 Å². The molecule has 0 bridgehead atoms. The number of hydrogen-bond acceptors (Lipinski definition) is 5. The van der Waals surface area contributed by atoms with Crippen molar-refractivity contribution in [1.29, 1.82) is 0 Å². The Morgan fingerprint density at radius 3 is 2.56 bits per heavy atom. The molecule has 6 heteroatoms. The van der Waals surface area contributed by atoms with Crippen molar-refractivity contribution in [2.45, 2.75) is 32.7 Å². The maximum atomic E-state index is 12.0. The van der Waals surface area contributed by atoms with E-state index in [1.807, 2.05) is 17.5 Å². The maximum Gasteiger partial charge on any atom is 0.244 e. The van der Waals surface area contributed by atoms with E-state index in [4.69, 9.17) is 9.47 Å². The van der Waals surface area contributed by atoms with Gasteiger partial charge in [-0.25, -0.2) is 4.98 Å². The largest absolute Gasteiger partial charge is 0.493 e. The smallest absolute Gasteiger partial charge is 0.244 e. The number of methoxy groups -OCH3 is 2. The average molecular weight is 360 g/mol. The van der Waals surface area contributed by atoms with Crippen LogP contribution in [0, 0.1) is 0 Å². The highest BCUT2D eigenvalue weighted by Gasteiger charge is 2.17. The first kappa shape index (κ1) is 19.0. The first-order chi connectivity index (χ1) is 11.8. The summed E-state index contributed by atoms with van der Waals surface area (Å²) in [5.41, 5.74) is 1.92. The van der Waals surface area contributed by atoms with Crippen LogP contribution in [-0.2, 0) is 16.8 Å². The number of rotatable bonds is 6. The van der Waals surface area contributed by atoms with Crippen molar-refractivity contribution in [3.63, 3.8) is 0 Å². The third kappa shape index (κ3) is 5.32. The van der Waals surface area contributed by atoms with Crippen LogP contribution in [0.15, 0.2) is 29.7 Å². The van der Waals surface area contributed by atoms with Gasteiger partial charge in [0.25, 0.3) is 0 Å². The van der Waals surface area contributed by atoms with Crippen LogP contribution < -0.4 is 14.8 Å². The van der Waals surface area contributed by atoms with Crippen molar-refractivity contribution in [1.82, 2.24) is 10.3 Å². The van der Waals surface area contributed by atoms with Crippen LogP contribution in [0.4, 0.5) is 0 Å². The monoisotopic (exact) mass is 360 g/mol. The summed E-state index contributed by atoms with van der Waals surface area (Å²) in [7, 11) is 3.17. The lowest BCUT2D eigenvalue weighted by molar-refractivity contribution is -0.116. The van der Waals surface area contributed by atoms with E-state index in [-0.39, 0.29) is 11.3 Å². The van der Waals surface area contributed by atoms with Crippen LogP contribution in [0.2, 0.25) is 0 Å². The number of aromatic nitrogens is 1. The van der Waals surface area contributed by atoms with Crippen LogP contribution in [0.3, 0.4) is 0 Å². The summed E-state index contributed by atoms with van der Waals surface area (Å²) in [5, 5.41) is 5.79. The molecule has 0 spiro atoms. The molecule has 1 N–H and O–H groups in total. The van der Waals surface area contributed by atoms with E-state index >= 15 is 0 Å². The quantitative estimate of drug-likeness (QED) is 0.796. The summed E-state index contributed by atoms with van der Waals surface area (Å²) in [6.45, 7) is 6.79. The van der Waals surface area contributed by atoms with Gasteiger partial charge in [-0.1, -0.05) is 26.8 Å². The molecule has 0 aliphatic carbocycles. The minimum absolute atomic E-state index is 0.0199. The first-order valence-corrected chi connectivity index (χ1v) is 8.84. The highest BCUT2D eigenvalue weighted by atomic mass is 32.1. The van der Waals surface area contributed by atoms with E-state index in [1.54, 1.807) is 37.7 Å². The maximum absolute atomic E-state index is 12.0. The zero-order chi connectivity index (χ0) is 18.4. The summed E-state index contributed by atoms with van der Waals surface area (Å²) in [5.74, 6) is 1.12. The highest BCUT2D eigenvalue weighted by Crippen LogP contribution is 2.28. The number of ether oxygens (including phenoxy) is 2. The molecule has 1 heterocycles. The third-order valence-corrected chi connectivity index (χ3v) is 4.42. The van der Waals surface area contributed by atoms with Crippen molar-refractivity contribution in [3.05, 3.63) is 45.9 Å². The van der Waals surface area contributed by atoms with E-state index in [0.29, 0.717) is 18.0 Å². The van der Waals surface area contributed by atoms with Crippen LogP contribution in [0.25, 0.3) is 6.08 Å². The molecule has 0 saturated carbocycles. The van der Waals surface area contributed by atoms with Gasteiger partial charge in [-0.05, 0) is 23.8 Å². The third-order valence-electron chi connectivity index (χ3n) is 3.57. The van der Waals surface area contributed by atoms with Gasteiger partial charge >= 0.3 is 0 Å². The summed E-state index contributed by atoms with van der Waals surface area (Å²) < 4.78 is 10.4. The second-order valence-corrected chi connectivity index (χ2v) is 7.48. The molecule has 0 atom stereocenters. The Kier molecular flexibility index (Phi) is 6.20. The lowest BCUT2D eigenvalue weighted by Crippen LogP contribution is -2.20. The number of carbonyl (C=O) groups excluding carboxylic acids is 1. The molecule has 0 aliphatic heterocycles. The molecule has 0 fully saturated rings. The highest BCUT2D eigenvalue weighted by molar-refractivity contribution is 7.09. The van der Waals surface area contributed by atoms with E-state index in [1.165, 1.54) is 6.08 Å². The fourth-order valence-electron chi connectivity index (χ4n) is 2.09. The fourth-order valence-corrected chi connectivity index (χ4v) is 3.05. The number of nitrogens with one attached hydrogen (secondary N) is 1. The summed E-state index contributed by atoms with van der Waals surface area (Å²) in [6, 6.07) is 5.49. The van der Waals surface area contributed by atoms with Gasteiger partial charge in [-0.15, -0.1) is 11.3 Å². The van der Waals surface area contributed by atoms with Crippen LogP contribution in [-0.4, -0.2) is 25.1 Å². The standard InChI is InChI=1S/C19H24N2O3S/c1-19(2,3)16-12-25-18(21-16)11-20-17(22)9-7-13-6-8-14(23-4)15(10-13)24-5/h6-10,12H,11H2,1-5H3,(H,20,22)/b9-7+. The number of amides is 1. The minimum atomic E-state index is -0.165. The van der Waals surface area contributed by atoms with Crippen LogP contribution >= 0.6 is 11.3 Å². The number of thiazole rings is 1. The molecule has 2 aromatic rings. The van der Waals surface area contributed by atoms with Crippen LogP contribution in [0.1, 0.15) is 37.0 Å². The molecule has 0 saturated heterocycles. The summed E-state index contributed by atoms with van der Waals surface area (Å²) in [6.07, 6.45) is 3.24.